The highest BCUT2D eigenvalue weighted by molar-refractivity contribution is 6.06. The van der Waals surface area contributed by atoms with Crippen LogP contribution < -0.4 is 5.32 Å². The van der Waals surface area contributed by atoms with Crippen LogP contribution in [0.25, 0.3) is 22.0 Å². The number of aryl methyl sites for hydroxylation is 2. The van der Waals surface area contributed by atoms with Gasteiger partial charge >= 0.3 is 0 Å². The summed E-state index contributed by atoms with van der Waals surface area (Å²) in [5.41, 5.74) is 4.09. The summed E-state index contributed by atoms with van der Waals surface area (Å²) in [7, 11) is 3.89. The Hall–Kier alpha value is -4.58. The Kier molecular flexibility index (Phi) is 8.08. The van der Waals surface area contributed by atoms with E-state index in [0.717, 1.165) is 16.7 Å². The summed E-state index contributed by atoms with van der Waals surface area (Å²) in [6.45, 7) is 5.12. The van der Waals surface area contributed by atoms with Gasteiger partial charge in [-0.25, -0.2) is 19.3 Å². The Morgan fingerprint density at radius 1 is 1.12 bits per heavy atom. The van der Waals surface area contributed by atoms with E-state index < -0.39 is 24.0 Å². The second-order valence-electron chi connectivity index (χ2n) is 10.9. The molecule has 42 heavy (non-hydrogen) atoms. The smallest absolute Gasteiger partial charge is 0.248 e. The number of carbonyl (C=O) groups excluding carboxylic acids is 3. The third-order valence-electron chi connectivity index (χ3n) is 7.19. The molecule has 0 spiro atoms. The Morgan fingerprint density at radius 2 is 1.86 bits per heavy atom. The number of amides is 2. The molecule has 1 aliphatic heterocycles. The lowest BCUT2D eigenvalue weighted by molar-refractivity contribution is -0.137. The van der Waals surface area contributed by atoms with Crippen molar-refractivity contribution >= 4 is 34.3 Å². The van der Waals surface area contributed by atoms with Crippen molar-refractivity contribution in [3.05, 3.63) is 65.5 Å². The van der Waals surface area contributed by atoms with Gasteiger partial charge in [-0.15, -0.1) is 0 Å². The second kappa shape index (κ2) is 11.7. The highest BCUT2D eigenvalue weighted by Gasteiger charge is 2.40. The maximum atomic E-state index is 14.6. The van der Waals surface area contributed by atoms with Gasteiger partial charge in [-0.05, 0) is 63.3 Å². The van der Waals surface area contributed by atoms with E-state index in [1.165, 1.54) is 16.5 Å². The van der Waals surface area contributed by atoms with Crippen molar-refractivity contribution in [2.24, 2.45) is 0 Å². The fraction of sp³-hybridized carbons (Fsp3) is 0.367. The zero-order chi connectivity index (χ0) is 30.1. The summed E-state index contributed by atoms with van der Waals surface area (Å²) in [6.07, 6.45) is 2.02. The standard InChI is InChI=1S/C30H33FN8O3/c1-17-7-6-8-27(34-17)35-30(42)26-10-22(31)15-38(26)28(41)16-39-25-9-20(14-37(4)5)23(21-12-32-19(3)33-13-21)11-24(25)29(36-39)18(2)40/h6-9,11-13,22,26H,10,14-16H2,1-5H3,(H,34,35,42)/t22-,26+/m1/s1. The minimum atomic E-state index is -1.34. The summed E-state index contributed by atoms with van der Waals surface area (Å²) in [4.78, 5) is 55.5. The number of hydrogen-bond donors (Lipinski definition) is 1. The number of nitrogens with one attached hydrogen (secondary N) is 1. The van der Waals surface area contributed by atoms with Gasteiger partial charge in [0.25, 0.3) is 0 Å². The van der Waals surface area contributed by atoms with Gasteiger partial charge in [0.1, 0.15) is 36.1 Å². The minimum absolute atomic E-state index is 0.114. The molecule has 0 aliphatic carbocycles. The quantitative estimate of drug-likeness (QED) is 0.319. The van der Waals surface area contributed by atoms with Crippen LogP contribution in [0.3, 0.4) is 0 Å². The maximum Gasteiger partial charge on any atom is 0.248 e. The molecule has 0 saturated carbocycles. The maximum absolute atomic E-state index is 14.6. The molecule has 218 valence electrons. The number of carbonyl (C=O) groups is 3. The van der Waals surface area contributed by atoms with Gasteiger partial charge < -0.3 is 15.1 Å². The molecule has 2 atom stereocenters. The third-order valence-corrected chi connectivity index (χ3v) is 7.19. The average Bonchev–Trinajstić information content (AvgIpc) is 3.49. The Morgan fingerprint density at radius 3 is 2.52 bits per heavy atom. The number of pyridine rings is 1. The highest BCUT2D eigenvalue weighted by Crippen LogP contribution is 2.32. The number of rotatable bonds is 8. The number of anilines is 1. The lowest BCUT2D eigenvalue weighted by Crippen LogP contribution is -2.44. The van der Waals surface area contributed by atoms with Crippen LogP contribution in [0.15, 0.2) is 42.7 Å². The Labute approximate surface area is 242 Å². The molecule has 1 aromatic carbocycles. The van der Waals surface area contributed by atoms with Crippen molar-refractivity contribution in [3.8, 4) is 11.1 Å². The van der Waals surface area contributed by atoms with Crippen molar-refractivity contribution in [1.82, 2.24) is 34.5 Å². The number of aromatic nitrogens is 5. The summed E-state index contributed by atoms with van der Waals surface area (Å²) >= 11 is 0. The molecule has 4 heterocycles. The van der Waals surface area contributed by atoms with Gasteiger partial charge in [-0.2, -0.15) is 5.10 Å². The van der Waals surface area contributed by atoms with Gasteiger partial charge in [0.05, 0.1) is 12.1 Å². The van der Waals surface area contributed by atoms with Crippen LogP contribution in [0.5, 0.6) is 0 Å². The fourth-order valence-corrected chi connectivity index (χ4v) is 5.27. The lowest BCUT2D eigenvalue weighted by atomic mass is 9.98. The molecule has 4 aromatic rings. The van der Waals surface area contributed by atoms with Crippen LogP contribution in [0.1, 0.15) is 40.9 Å². The molecule has 5 rings (SSSR count). The van der Waals surface area contributed by atoms with Crippen LogP contribution in [0.4, 0.5) is 10.2 Å². The monoisotopic (exact) mass is 572 g/mol. The van der Waals surface area contributed by atoms with Crippen LogP contribution in [0.2, 0.25) is 0 Å². The molecule has 0 radical (unpaired) electrons. The normalized spacial score (nSPS) is 16.8. The number of hydrogen-bond acceptors (Lipinski definition) is 8. The number of benzene rings is 1. The van der Waals surface area contributed by atoms with Gasteiger partial charge in [0.15, 0.2) is 5.78 Å². The van der Waals surface area contributed by atoms with E-state index in [9.17, 15) is 18.8 Å². The average molecular weight is 573 g/mol. The molecule has 0 unspecified atom stereocenters. The van der Waals surface area contributed by atoms with Crippen molar-refractivity contribution < 1.29 is 18.8 Å². The number of fused-ring (bicyclic) bond motifs is 1. The summed E-state index contributed by atoms with van der Waals surface area (Å²) in [5, 5.41) is 7.79. The topological polar surface area (TPSA) is 126 Å². The van der Waals surface area contributed by atoms with E-state index in [-0.39, 0.29) is 31.0 Å². The van der Waals surface area contributed by atoms with Crippen LogP contribution >= 0.6 is 0 Å². The molecule has 0 bridgehead atoms. The molecule has 2 amide bonds. The van der Waals surface area contributed by atoms with E-state index in [2.05, 4.69) is 25.4 Å². The van der Waals surface area contributed by atoms with Crippen LogP contribution in [0, 0.1) is 13.8 Å². The molecule has 12 heteroatoms. The molecular weight excluding hydrogens is 539 g/mol. The first-order chi connectivity index (χ1) is 20.0. The fourth-order valence-electron chi connectivity index (χ4n) is 5.27. The predicted molar refractivity (Wildman–Crippen MR) is 156 cm³/mol. The first kappa shape index (κ1) is 28.9. The minimum Gasteiger partial charge on any atom is -0.326 e. The second-order valence-corrected chi connectivity index (χ2v) is 10.9. The first-order valence-electron chi connectivity index (χ1n) is 13.7. The number of Topliss-reactive ketones (excluding diaryl/α,β-unsaturated/α-hetero) is 1. The third kappa shape index (κ3) is 6.03. The predicted octanol–water partition coefficient (Wildman–Crippen LogP) is 3.35. The molecule has 1 aliphatic rings. The zero-order valence-corrected chi connectivity index (χ0v) is 24.3. The highest BCUT2D eigenvalue weighted by atomic mass is 19.1. The van der Waals surface area contributed by atoms with E-state index in [1.54, 1.807) is 37.5 Å². The Balaban J connectivity index is 1.49. The number of nitrogens with zero attached hydrogens (tertiary/aromatic N) is 7. The van der Waals surface area contributed by atoms with Crippen LogP contribution in [-0.4, -0.2) is 85.0 Å². The zero-order valence-electron chi connectivity index (χ0n) is 24.3. The van der Waals surface area contributed by atoms with Gasteiger partial charge in [0.2, 0.25) is 11.8 Å². The molecule has 1 fully saturated rings. The van der Waals surface area contributed by atoms with Crippen molar-refractivity contribution in [2.45, 2.75) is 52.5 Å². The van der Waals surface area contributed by atoms with Crippen molar-refractivity contribution in [2.75, 3.05) is 26.0 Å². The number of alkyl halides is 1. The molecule has 1 N–H and O–H groups in total. The van der Waals surface area contributed by atoms with Crippen molar-refractivity contribution in [1.29, 1.82) is 0 Å². The van der Waals surface area contributed by atoms with Crippen molar-refractivity contribution in [3.63, 3.8) is 0 Å². The van der Waals surface area contributed by atoms with E-state index in [1.807, 2.05) is 38.1 Å². The van der Waals surface area contributed by atoms with E-state index >= 15 is 0 Å². The molecule has 1 saturated heterocycles. The lowest BCUT2D eigenvalue weighted by Gasteiger charge is -2.23. The number of halogens is 1. The van der Waals surface area contributed by atoms with E-state index in [0.29, 0.717) is 34.8 Å². The van der Waals surface area contributed by atoms with E-state index in [4.69, 9.17) is 0 Å². The molecule has 11 nitrogen and oxygen atoms in total. The molecule has 3 aromatic heterocycles. The summed E-state index contributed by atoms with van der Waals surface area (Å²) in [5.74, 6) is -0.260. The number of ketones is 1. The SMILES string of the molecule is CC(=O)c1nn(CC(=O)N2C[C@H](F)C[C@H]2C(=O)Nc2cccc(C)n2)c2cc(CN(C)C)c(-c3cnc(C)nc3)cc12. The first-order valence-corrected chi connectivity index (χ1v) is 13.7. The molecular formula is C30H33FN8O3. The number of likely N-dealkylation sites (tertiary alicyclic amines) is 1. The van der Waals surface area contributed by atoms with Crippen LogP contribution in [-0.2, 0) is 22.7 Å². The van der Waals surface area contributed by atoms with Gasteiger partial charge in [0, 0.05) is 48.9 Å². The van der Waals surface area contributed by atoms with Gasteiger partial charge in [-0.3, -0.25) is 19.1 Å². The Bertz CT molecular complexity index is 1670. The summed E-state index contributed by atoms with van der Waals surface area (Å²) in [6, 6.07) is 7.98. The summed E-state index contributed by atoms with van der Waals surface area (Å²) < 4.78 is 16.0. The largest absolute Gasteiger partial charge is 0.326 e. The van der Waals surface area contributed by atoms with Gasteiger partial charge in [-0.1, -0.05) is 6.07 Å².